The number of likely N-dealkylation sites (N-methyl/N-ethyl adjacent to an activating group) is 1. The molecule has 1 aliphatic rings. The van der Waals surface area contributed by atoms with E-state index in [0.29, 0.717) is 5.54 Å². The molecule has 1 saturated heterocycles. The summed E-state index contributed by atoms with van der Waals surface area (Å²) in [7, 11) is 2.25. The van der Waals surface area contributed by atoms with Gasteiger partial charge in [0, 0.05) is 25.2 Å². The summed E-state index contributed by atoms with van der Waals surface area (Å²) >= 11 is 0. The van der Waals surface area contributed by atoms with Gasteiger partial charge >= 0.3 is 0 Å². The van der Waals surface area contributed by atoms with Gasteiger partial charge in [-0.3, -0.25) is 4.90 Å². The maximum Gasteiger partial charge on any atom is 0.0277 e. The first-order chi connectivity index (χ1) is 8.99. The Kier molecular flexibility index (Phi) is 7.33. The summed E-state index contributed by atoms with van der Waals surface area (Å²) in [5, 5.41) is 0. The molecule has 0 aromatic heterocycles. The fraction of sp³-hybridized carbons (Fsp3) is 1.00. The SMILES string of the molecule is CCCC(CCN)CCCN1CCN(C)C(C)(C)C1. The van der Waals surface area contributed by atoms with E-state index in [2.05, 4.69) is 37.6 Å². The second-order valence-electron chi connectivity index (χ2n) is 6.88. The standard InChI is InChI=1S/C16H35N3/c1-5-7-15(9-10-17)8-6-11-19-13-12-18(4)16(2,3)14-19/h15H,5-14,17H2,1-4H3. The summed E-state index contributed by atoms with van der Waals surface area (Å²) in [6.07, 6.45) is 6.56. The smallest absolute Gasteiger partial charge is 0.0277 e. The van der Waals surface area contributed by atoms with E-state index in [9.17, 15) is 0 Å². The molecule has 0 aromatic rings. The molecule has 114 valence electrons. The van der Waals surface area contributed by atoms with E-state index in [1.54, 1.807) is 0 Å². The van der Waals surface area contributed by atoms with Crippen LogP contribution in [0.3, 0.4) is 0 Å². The minimum atomic E-state index is 0.332. The minimum absolute atomic E-state index is 0.332. The molecule has 0 aromatic carbocycles. The molecule has 1 atom stereocenters. The van der Waals surface area contributed by atoms with Crippen LogP contribution in [0, 0.1) is 5.92 Å². The van der Waals surface area contributed by atoms with Gasteiger partial charge in [0.25, 0.3) is 0 Å². The molecular weight excluding hydrogens is 234 g/mol. The zero-order valence-corrected chi connectivity index (χ0v) is 13.6. The van der Waals surface area contributed by atoms with Gasteiger partial charge in [0.2, 0.25) is 0 Å². The van der Waals surface area contributed by atoms with Crippen LogP contribution < -0.4 is 5.73 Å². The van der Waals surface area contributed by atoms with Gasteiger partial charge < -0.3 is 10.6 Å². The van der Waals surface area contributed by atoms with E-state index in [-0.39, 0.29) is 0 Å². The monoisotopic (exact) mass is 269 g/mol. The van der Waals surface area contributed by atoms with Gasteiger partial charge in [-0.25, -0.2) is 0 Å². The maximum absolute atomic E-state index is 5.71. The third-order valence-electron chi connectivity index (χ3n) is 4.75. The first-order valence-corrected chi connectivity index (χ1v) is 8.13. The summed E-state index contributed by atoms with van der Waals surface area (Å²) in [4.78, 5) is 5.13. The fourth-order valence-electron chi connectivity index (χ4n) is 3.21. The molecule has 3 heteroatoms. The number of nitrogens with zero attached hydrogens (tertiary/aromatic N) is 2. The quantitative estimate of drug-likeness (QED) is 0.735. The summed E-state index contributed by atoms with van der Waals surface area (Å²) in [6.45, 7) is 12.8. The molecule has 3 nitrogen and oxygen atoms in total. The number of rotatable bonds is 8. The molecule has 1 unspecified atom stereocenters. The highest BCUT2D eigenvalue weighted by atomic mass is 15.3. The Balaban J connectivity index is 2.25. The largest absolute Gasteiger partial charge is 0.330 e. The van der Waals surface area contributed by atoms with E-state index >= 15 is 0 Å². The molecule has 0 amide bonds. The van der Waals surface area contributed by atoms with Crippen molar-refractivity contribution in [1.82, 2.24) is 9.80 Å². The molecule has 2 N–H and O–H groups in total. The van der Waals surface area contributed by atoms with Gasteiger partial charge in [0.05, 0.1) is 0 Å². The fourth-order valence-corrected chi connectivity index (χ4v) is 3.21. The second-order valence-corrected chi connectivity index (χ2v) is 6.88. The summed E-state index contributed by atoms with van der Waals surface area (Å²) in [5.74, 6) is 0.857. The van der Waals surface area contributed by atoms with Crippen molar-refractivity contribution < 1.29 is 0 Å². The highest BCUT2D eigenvalue weighted by Gasteiger charge is 2.30. The number of piperazine rings is 1. The Bertz CT molecular complexity index is 234. The van der Waals surface area contributed by atoms with Crippen molar-refractivity contribution in [3.63, 3.8) is 0 Å². The van der Waals surface area contributed by atoms with Crippen LogP contribution in [-0.2, 0) is 0 Å². The molecule has 0 aliphatic carbocycles. The first-order valence-electron chi connectivity index (χ1n) is 8.13. The lowest BCUT2D eigenvalue weighted by atomic mass is 9.94. The van der Waals surface area contributed by atoms with Crippen LogP contribution >= 0.6 is 0 Å². The Hall–Kier alpha value is -0.120. The topological polar surface area (TPSA) is 32.5 Å². The number of hydrogen-bond acceptors (Lipinski definition) is 3. The van der Waals surface area contributed by atoms with Crippen LogP contribution in [0.15, 0.2) is 0 Å². The summed E-state index contributed by atoms with van der Waals surface area (Å²) in [6, 6.07) is 0. The number of hydrogen-bond donors (Lipinski definition) is 1. The highest BCUT2D eigenvalue weighted by Crippen LogP contribution is 2.21. The van der Waals surface area contributed by atoms with Crippen molar-refractivity contribution in [2.24, 2.45) is 11.7 Å². The molecule has 19 heavy (non-hydrogen) atoms. The van der Waals surface area contributed by atoms with Gasteiger partial charge in [-0.05, 0) is 59.2 Å². The van der Waals surface area contributed by atoms with E-state index in [1.807, 2.05) is 0 Å². The minimum Gasteiger partial charge on any atom is -0.330 e. The molecule has 1 heterocycles. The Labute approximate surface area is 120 Å². The van der Waals surface area contributed by atoms with E-state index in [4.69, 9.17) is 5.73 Å². The van der Waals surface area contributed by atoms with Crippen LogP contribution in [0.1, 0.15) is 52.9 Å². The van der Waals surface area contributed by atoms with Gasteiger partial charge in [-0.2, -0.15) is 0 Å². The average molecular weight is 269 g/mol. The lowest BCUT2D eigenvalue weighted by molar-refractivity contribution is 0.0386. The summed E-state index contributed by atoms with van der Waals surface area (Å²) in [5.41, 5.74) is 6.04. The Morgan fingerprint density at radius 1 is 1.16 bits per heavy atom. The van der Waals surface area contributed by atoms with Crippen molar-refractivity contribution in [3.05, 3.63) is 0 Å². The van der Waals surface area contributed by atoms with Crippen molar-refractivity contribution in [3.8, 4) is 0 Å². The lowest BCUT2D eigenvalue weighted by Crippen LogP contribution is -2.57. The average Bonchev–Trinajstić information content (AvgIpc) is 2.34. The van der Waals surface area contributed by atoms with E-state index in [0.717, 1.165) is 12.5 Å². The van der Waals surface area contributed by atoms with Crippen molar-refractivity contribution in [2.45, 2.75) is 58.4 Å². The van der Waals surface area contributed by atoms with Gasteiger partial charge in [0.1, 0.15) is 0 Å². The van der Waals surface area contributed by atoms with Crippen molar-refractivity contribution in [1.29, 1.82) is 0 Å². The van der Waals surface area contributed by atoms with Gasteiger partial charge in [-0.1, -0.05) is 19.8 Å². The third-order valence-corrected chi connectivity index (χ3v) is 4.75. The van der Waals surface area contributed by atoms with E-state index < -0.39 is 0 Å². The normalized spacial score (nSPS) is 22.6. The molecule has 1 aliphatic heterocycles. The Morgan fingerprint density at radius 2 is 1.89 bits per heavy atom. The van der Waals surface area contributed by atoms with Crippen LogP contribution in [0.25, 0.3) is 0 Å². The third kappa shape index (κ3) is 5.80. The molecule has 0 radical (unpaired) electrons. The molecule has 1 fully saturated rings. The molecular formula is C16H35N3. The zero-order valence-electron chi connectivity index (χ0n) is 13.6. The van der Waals surface area contributed by atoms with Crippen LogP contribution in [0.5, 0.6) is 0 Å². The van der Waals surface area contributed by atoms with Crippen LogP contribution in [0.4, 0.5) is 0 Å². The predicted molar refractivity (Wildman–Crippen MR) is 84.5 cm³/mol. The molecule has 1 rings (SSSR count). The van der Waals surface area contributed by atoms with Gasteiger partial charge in [0.15, 0.2) is 0 Å². The lowest BCUT2D eigenvalue weighted by Gasteiger charge is -2.45. The summed E-state index contributed by atoms with van der Waals surface area (Å²) < 4.78 is 0. The highest BCUT2D eigenvalue weighted by molar-refractivity contribution is 4.88. The number of nitrogens with two attached hydrogens (primary N) is 1. The zero-order chi connectivity index (χ0) is 14.3. The second kappa shape index (κ2) is 8.23. The van der Waals surface area contributed by atoms with Gasteiger partial charge in [-0.15, -0.1) is 0 Å². The molecule has 0 bridgehead atoms. The van der Waals surface area contributed by atoms with E-state index in [1.165, 1.54) is 58.3 Å². The maximum atomic E-state index is 5.71. The molecule has 0 saturated carbocycles. The van der Waals surface area contributed by atoms with Crippen molar-refractivity contribution in [2.75, 3.05) is 39.8 Å². The van der Waals surface area contributed by atoms with Crippen molar-refractivity contribution >= 4 is 0 Å². The molecule has 0 spiro atoms. The van der Waals surface area contributed by atoms with Crippen LogP contribution in [-0.4, -0.2) is 55.1 Å². The Morgan fingerprint density at radius 3 is 2.47 bits per heavy atom. The van der Waals surface area contributed by atoms with Crippen LogP contribution in [0.2, 0.25) is 0 Å². The predicted octanol–water partition coefficient (Wildman–Crippen LogP) is 2.56. The first kappa shape index (κ1) is 16.9.